The Labute approximate surface area is 160 Å². The van der Waals surface area contributed by atoms with Crippen molar-refractivity contribution < 1.29 is 9.53 Å². The van der Waals surface area contributed by atoms with Crippen molar-refractivity contribution in [1.82, 2.24) is 14.9 Å². The maximum Gasteiger partial charge on any atom is 0.415 e. The number of carbonyl (C=O) groups excluding carboxylic acids is 1. The second-order valence-electron chi connectivity index (χ2n) is 7.61. The lowest BCUT2D eigenvalue weighted by Crippen LogP contribution is -2.35. The Bertz CT molecular complexity index is 758. The van der Waals surface area contributed by atoms with Crippen LogP contribution in [0.25, 0.3) is 0 Å². The van der Waals surface area contributed by atoms with Crippen LogP contribution in [-0.2, 0) is 17.6 Å². The number of hydrogen-bond acceptors (Lipinski definition) is 5. The van der Waals surface area contributed by atoms with Crippen molar-refractivity contribution in [2.24, 2.45) is 5.92 Å². The van der Waals surface area contributed by atoms with Crippen molar-refractivity contribution in [3.63, 3.8) is 0 Å². The molecule has 0 unspecified atom stereocenters. The van der Waals surface area contributed by atoms with E-state index in [0.29, 0.717) is 18.3 Å². The molecule has 2 aliphatic heterocycles. The topological polar surface area (TPSA) is 58.6 Å². The summed E-state index contributed by atoms with van der Waals surface area (Å²) in [5, 5.41) is 0. The number of likely N-dealkylation sites (tertiary alicyclic amines) is 1. The van der Waals surface area contributed by atoms with Gasteiger partial charge in [-0.1, -0.05) is 30.3 Å². The van der Waals surface area contributed by atoms with Crippen LogP contribution in [0.5, 0.6) is 0 Å². The Morgan fingerprint density at radius 3 is 2.56 bits per heavy atom. The average Bonchev–Trinajstić information content (AvgIpc) is 3.05. The van der Waals surface area contributed by atoms with Gasteiger partial charge < -0.3 is 9.64 Å². The fourth-order valence-corrected chi connectivity index (χ4v) is 3.92. The number of aromatic nitrogens is 2. The minimum absolute atomic E-state index is 0.0473. The van der Waals surface area contributed by atoms with E-state index in [1.807, 2.05) is 24.4 Å². The Kier molecular flexibility index (Phi) is 5.34. The first kappa shape index (κ1) is 17.9. The molecule has 1 aromatic carbocycles. The molecular weight excluding hydrogens is 340 g/mol. The van der Waals surface area contributed by atoms with Gasteiger partial charge in [0, 0.05) is 0 Å². The van der Waals surface area contributed by atoms with Crippen LogP contribution in [0.4, 0.5) is 10.6 Å². The number of hydrogen-bond donors (Lipinski definition) is 0. The van der Waals surface area contributed by atoms with E-state index in [4.69, 9.17) is 4.74 Å². The van der Waals surface area contributed by atoms with Gasteiger partial charge in [-0.3, -0.25) is 9.88 Å². The molecule has 1 aromatic heterocycles. The maximum atomic E-state index is 12.2. The molecule has 27 heavy (non-hydrogen) atoms. The highest BCUT2D eigenvalue weighted by molar-refractivity contribution is 5.88. The van der Waals surface area contributed by atoms with Gasteiger partial charge in [-0.05, 0) is 57.3 Å². The van der Waals surface area contributed by atoms with Crippen LogP contribution in [0.15, 0.2) is 42.7 Å². The molecule has 2 fully saturated rings. The molecule has 0 spiro atoms. The van der Waals surface area contributed by atoms with Crippen LogP contribution < -0.4 is 4.90 Å². The second kappa shape index (κ2) is 8.05. The number of anilines is 1. The molecule has 0 radical (unpaired) electrons. The summed E-state index contributed by atoms with van der Waals surface area (Å²) in [5.41, 5.74) is 2.18. The second-order valence-corrected chi connectivity index (χ2v) is 7.61. The van der Waals surface area contributed by atoms with Gasteiger partial charge >= 0.3 is 6.09 Å². The third kappa shape index (κ3) is 4.27. The normalized spacial score (nSPS) is 21.4. The number of piperidine rings is 1. The van der Waals surface area contributed by atoms with E-state index in [2.05, 4.69) is 34.0 Å². The zero-order chi connectivity index (χ0) is 18.6. The predicted molar refractivity (Wildman–Crippen MR) is 104 cm³/mol. The van der Waals surface area contributed by atoms with Crippen molar-refractivity contribution in [2.75, 3.05) is 31.6 Å². The zero-order valence-corrected chi connectivity index (χ0v) is 15.8. The first-order chi connectivity index (χ1) is 13.2. The van der Waals surface area contributed by atoms with Crippen molar-refractivity contribution in [1.29, 1.82) is 0 Å². The Morgan fingerprint density at radius 1 is 1.07 bits per heavy atom. The van der Waals surface area contributed by atoms with Crippen LogP contribution >= 0.6 is 0 Å². The molecule has 0 N–H and O–H groups in total. The van der Waals surface area contributed by atoms with Crippen LogP contribution in [-0.4, -0.2) is 53.7 Å². The summed E-state index contributed by atoms with van der Waals surface area (Å²) in [6.07, 6.45) is 7.31. The number of carbonyl (C=O) groups is 1. The zero-order valence-electron chi connectivity index (χ0n) is 15.8. The number of nitrogens with zero attached hydrogens (tertiary/aromatic N) is 4. The molecular formula is C21H26N4O2. The van der Waals surface area contributed by atoms with Gasteiger partial charge in [0.2, 0.25) is 0 Å². The minimum Gasteiger partial charge on any atom is -0.447 e. The van der Waals surface area contributed by atoms with Crippen molar-refractivity contribution >= 4 is 11.9 Å². The Balaban J connectivity index is 1.42. The highest BCUT2D eigenvalue weighted by Crippen LogP contribution is 2.24. The molecule has 4 rings (SSSR count). The molecule has 142 valence electrons. The van der Waals surface area contributed by atoms with E-state index in [9.17, 15) is 4.79 Å². The largest absolute Gasteiger partial charge is 0.447 e. The van der Waals surface area contributed by atoms with Gasteiger partial charge in [0.25, 0.3) is 0 Å². The quantitative estimate of drug-likeness (QED) is 0.814. The molecule has 2 saturated heterocycles. The van der Waals surface area contributed by atoms with Crippen LogP contribution in [0.1, 0.15) is 24.1 Å². The first-order valence-electron chi connectivity index (χ1n) is 9.68. The first-order valence-corrected chi connectivity index (χ1v) is 9.68. The highest BCUT2D eigenvalue weighted by atomic mass is 16.6. The average molecular weight is 366 g/mol. The number of amides is 1. The minimum atomic E-state index is -0.340. The van der Waals surface area contributed by atoms with Gasteiger partial charge in [-0.15, -0.1) is 0 Å². The molecule has 0 aliphatic carbocycles. The van der Waals surface area contributed by atoms with E-state index in [0.717, 1.165) is 31.6 Å². The molecule has 6 heteroatoms. The molecule has 6 nitrogen and oxygen atoms in total. The molecule has 1 atom stereocenters. The van der Waals surface area contributed by atoms with Gasteiger partial charge in [0.15, 0.2) is 5.82 Å². The summed E-state index contributed by atoms with van der Waals surface area (Å²) in [6, 6.07) is 10.1. The summed E-state index contributed by atoms with van der Waals surface area (Å²) >= 11 is 0. The monoisotopic (exact) mass is 366 g/mol. The van der Waals surface area contributed by atoms with E-state index in [1.165, 1.54) is 18.4 Å². The number of cyclic esters (lactones) is 1. The van der Waals surface area contributed by atoms with Crippen molar-refractivity contribution in [3.8, 4) is 0 Å². The third-order valence-electron chi connectivity index (χ3n) is 5.55. The summed E-state index contributed by atoms with van der Waals surface area (Å²) in [6.45, 7) is 2.68. The molecule has 0 bridgehead atoms. The SMILES string of the molecule is CN1CCC(Cc2cnc(N3C(=O)OC[C@H]3Cc3ccccc3)cn2)CC1. The predicted octanol–water partition coefficient (Wildman–Crippen LogP) is 2.93. The molecule has 0 saturated carbocycles. The molecule has 1 amide bonds. The number of ether oxygens (including phenoxy) is 1. The highest BCUT2D eigenvalue weighted by Gasteiger charge is 2.35. The standard InChI is InChI=1S/C21H26N4O2/c1-24-9-7-17(8-10-24)11-18-13-23-20(14-22-18)25-19(15-27-21(25)26)12-16-5-3-2-4-6-16/h2-6,13-14,17,19H,7-12,15H2,1H3/t19-/m1/s1. The van der Waals surface area contributed by atoms with E-state index in [-0.39, 0.29) is 12.1 Å². The molecule has 2 aromatic rings. The lowest BCUT2D eigenvalue weighted by Gasteiger charge is -2.28. The van der Waals surface area contributed by atoms with Gasteiger partial charge in [-0.25, -0.2) is 9.78 Å². The van der Waals surface area contributed by atoms with Crippen molar-refractivity contribution in [3.05, 3.63) is 54.0 Å². The fourth-order valence-electron chi connectivity index (χ4n) is 3.92. The molecule has 3 heterocycles. The third-order valence-corrected chi connectivity index (χ3v) is 5.55. The lowest BCUT2D eigenvalue weighted by molar-refractivity contribution is 0.178. The van der Waals surface area contributed by atoms with Crippen molar-refractivity contribution in [2.45, 2.75) is 31.7 Å². The summed E-state index contributed by atoms with van der Waals surface area (Å²) < 4.78 is 5.28. The summed E-state index contributed by atoms with van der Waals surface area (Å²) in [4.78, 5) is 25.4. The molecule has 2 aliphatic rings. The van der Waals surface area contributed by atoms with Gasteiger partial charge in [0.05, 0.1) is 24.1 Å². The Hall–Kier alpha value is -2.47. The number of rotatable bonds is 5. The fraction of sp³-hybridized carbons (Fsp3) is 0.476. The maximum absolute atomic E-state index is 12.2. The smallest absolute Gasteiger partial charge is 0.415 e. The van der Waals surface area contributed by atoms with Crippen LogP contribution in [0, 0.1) is 5.92 Å². The van der Waals surface area contributed by atoms with Gasteiger partial charge in [0.1, 0.15) is 6.61 Å². The van der Waals surface area contributed by atoms with E-state index >= 15 is 0 Å². The number of benzene rings is 1. The summed E-state index contributed by atoms with van der Waals surface area (Å²) in [5.74, 6) is 1.24. The Morgan fingerprint density at radius 2 is 1.85 bits per heavy atom. The van der Waals surface area contributed by atoms with Crippen LogP contribution in [0.3, 0.4) is 0 Å². The summed E-state index contributed by atoms with van der Waals surface area (Å²) in [7, 11) is 2.17. The van der Waals surface area contributed by atoms with E-state index in [1.54, 1.807) is 11.1 Å². The van der Waals surface area contributed by atoms with Crippen LogP contribution in [0.2, 0.25) is 0 Å². The lowest BCUT2D eigenvalue weighted by atomic mass is 9.92. The van der Waals surface area contributed by atoms with E-state index < -0.39 is 0 Å². The van der Waals surface area contributed by atoms with Gasteiger partial charge in [-0.2, -0.15) is 0 Å².